The lowest BCUT2D eigenvalue weighted by Gasteiger charge is -2.35. The fourth-order valence-corrected chi connectivity index (χ4v) is 4.59. The van der Waals surface area contributed by atoms with Gasteiger partial charge in [-0.1, -0.05) is 23.7 Å². The smallest absolute Gasteiger partial charge is 0.408 e. The zero-order chi connectivity index (χ0) is 23.0. The number of benzene rings is 1. The van der Waals surface area contributed by atoms with Crippen molar-refractivity contribution < 1.29 is 17.9 Å². The molecule has 170 valence electrons. The van der Waals surface area contributed by atoms with E-state index in [1.54, 1.807) is 6.07 Å². The average molecular weight is 469 g/mol. The van der Waals surface area contributed by atoms with Crippen LogP contribution in [0.2, 0.25) is 5.02 Å². The van der Waals surface area contributed by atoms with Gasteiger partial charge >= 0.3 is 6.09 Å². The highest BCUT2D eigenvalue weighted by molar-refractivity contribution is 7.88. The van der Waals surface area contributed by atoms with Crippen LogP contribution in [0.3, 0.4) is 0 Å². The molecule has 3 rings (SSSR count). The van der Waals surface area contributed by atoms with Gasteiger partial charge in [0.25, 0.3) is 0 Å². The van der Waals surface area contributed by atoms with E-state index in [4.69, 9.17) is 21.3 Å². The standard InChI is InChI=1S/C21H29ClN4O4S/c1-14(23-20(27)30-21(2,3)4)16-13-15-7-6-8-17(22)18(15)24-19(16)25-9-11-26(12-10-25)31(5,28)29/h6-8,13-14H,9-12H2,1-5H3,(H,23,27). The highest BCUT2D eigenvalue weighted by atomic mass is 35.5. The van der Waals surface area contributed by atoms with Crippen LogP contribution in [0.5, 0.6) is 0 Å². The monoisotopic (exact) mass is 468 g/mol. The molecule has 1 fully saturated rings. The van der Waals surface area contributed by atoms with E-state index in [0.29, 0.717) is 42.5 Å². The van der Waals surface area contributed by atoms with Crippen molar-refractivity contribution in [1.82, 2.24) is 14.6 Å². The Hall–Kier alpha value is -2.10. The molecule has 10 heteroatoms. The van der Waals surface area contributed by atoms with Gasteiger partial charge in [0.05, 0.1) is 22.8 Å². The Bertz CT molecular complexity index is 1080. The number of rotatable bonds is 4. The Morgan fingerprint density at radius 3 is 2.45 bits per heavy atom. The molecule has 1 N–H and O–H groups in total. The summed E-state index contributed by atoms with van der Waals surface area (Å²) in [4.78, 5) is 19.2. The Kier molecular flexibility index (Phi) is 6.69. The quantitative estimate of drug-likeness (QED) is 0.737. The predicted molar refractivity (Wildman–Crippen MR) is 123 cm³/mol. The number of para-hydroxylation sites is 1. The Labute approximate surface area is 188 Å². The number of sulfonamides is 1. The van der Waals surface area contributed by atoms with Crippen LogP contribution in [-0.4, -0.2) is 61.8 Å². The van der Waals surface area contributed by atoms with Gasteiger partial charge in [-0.2, -0.15) is 4.31 Å². The van der Waals surface area contributed by atoms with E-state index in [2.05, 4.69) is 5.32 Å². The molecular formula is C21H29ClN4O4S. The van der Waals surface area contributed by atoms with Crippen LogP contribution in [-0.2, 0) is 14.8 Å². The molecule has 1 atom stereocenters. The average Bonchev–Trinajstić information content (AvgIpc) is 2.65. The van der Waals surface area contributed by atoms with E-state index in [-0.39, 0.29) is 6.04 Å². The number of piperazine rings is 1. The van der Waals surface area contributed by atoms with Crippen LogP contribution in [0.4, 0.5) is 10.6 Å². The molecule has 1 aromatic heterocycles. The van der Waals surface area contributed by atoms with Crippen molar-refractivity contribution in [3.63, 3.8) is 0 Å². The van der Waals surface area contributed by atoms with E-state index >= 15 is 0 Å². The molecule has 0 spiro atoms. The van der Waals surface area contributed by atoms with E-state index < -0.39 is 21.7 Å². The predicted octanol–water partition coefficient (Wildman–Crippen LogP) is 3.56. The molecule has 31 heavy (non-hydrogen) atoms. The molecule has 2 heterocycles. The molecule has 1 saturated heterocycles. The number of anilines is 1. The summed E-state index contributed by atoms with van der Waals surface area (Å²) in [5.74, 6) is 0.678. The number of nitrogens with one attached hydrogen (secondary N) is 1. The van der Waals surface area contributed by atoms with Crippen LogP contribution in [0, 0.1) is 0 Å². The van der Waals surface area contributed by atoms with Crippen molar-refractivity contribution in [2.45, 2.75) is 39.3 Å². The molecule has 1 aliphatic rings. The van der Waals surface area contributed by atoms with Crippen LogP contribution in [0.1, 0.15) is 39.3 Å². The molecule has 1 aromatic carbocycles. The Morgan fingerprint density at radius 1 is 1.23 bits per heavy atom. The van der Waals surface area contributed by atoms with Gasteiger partial charge in [-0.3, -0.25) is 0 Å². The van der Waals surface area contributed by atoms with Crippen molar-refractivity contribution >= 4 is 44.4 Å². The van der Waals surface area contributed by atoms with E-state index in [1.807, 2.05) is 50.8 Å². The lowest BCUT2D eigenvalue weighted by Crippen LogP contribution is -2.49. The lowest BCUT2D eigenvalue weighted by molar-refractivity contribution is 0.0508. The van der Waals surface area contributed by atoms with Gasteiger partial charge in [0, 0.05) is 37.1 Å². The third-order valence-electron chi connectivity index (χ3n) is 5.01. The number of aromatic nitrogens is 1. The van der Waals surface area contributed by atoms with E-state index in [1.165, 1.54) is 10.6 Å². The first-order chi connectivity index (χ1) is 14.3. The van der Waals surface area contributed by atoms with Crippen molar-refractivity contribution in [3.05, 3.63) is 34.9 Å². The minimum Gasteiger partial charge on any atom is -0.444 e. The number of hydrogen-bond donors (Lipinski definition) is 1. The minimum atomic E-state index is -3.24. The topological polar surface area (TPSA) is 91.8 Å². The van der Waals surface area contributed by atoms with E-state index in [0.717, 1.165) is 10.9 Å². The summed E-state index contributed by atoms with van der Waals surface area (Å²) in [7, 11) is -3.24. The highest BCUT2D eigenvalue weighted by Crippen LogP contribution is 2.32. The molecule has 1 unspecified atom stereocenters. The number of amides is 1. The highest BCUT2D eigenvalue weighted by Gasteiger charge is 2.28. The van der Waals surface area contributed by atoms with Crippen molar-refractivity contribution in [3.8, 4) is 0 Å². The second kappa shape index (κ2) is 8.80. The molecule has 2 aromatic rings. The largest absolute Gasteiger partial charge is 0.444 e. The molecule has 8 nitrogen and oxygen atoms in total. The van der Waals surface area contributed by atoms with Gasteiger partial charge in [0.2, 0.25) is 10.0 Å². The summed E-state index contributed by atoms with van der Waals surface area (Å²) in [6.07, 6.45) is 0.702. The minimum absolute atomic E-state index is 0.369. The molecule has 0 bridgehead atoms. The maximum absolute atomic E-state index is 12.3. The Balaban J connectivity index is 1.95. The number of fused-ring (bicyclic) bond motifs is 1. The molecule has 0 radical (unpaired) electrons. The number of halogens is 1. The van der Waals surface area contributed by atoms with Crippen LogP contribution in [0.15, 0.2) is 24.3 Å². The number of pyridine rings is 1. The maximum Gasteiger partial charge on any atom is 0.408 e. The van der Waals surface area contributed by atoms with Gasteiger partial charge < -0.3 is 15.0 Å². The Morgan fingerprint density at radius 2 is 1.87 bits per heavy atom. The lowest BCUT2D eigenvalue weighted by atomic mass is 10.0. The summed E-state index contributed by atoms with van der Waals surface area (Å²) in [6.45, 7) is 9.01. The maximum atomic E-state index is 12.3. The molecule has 0 saturated carbocycles. The van der Waals surface area contributed by atoms with Gasteiger partial charge in [-0.25, -0.2) is 18.2 Å². The third-order valence-corrected chi connectivity index (χ3v) is 6.62. The normalized spacial score (nSPS) is 16.9. The van der Waals surface area contributed by atoms with Crippen LogP contribution in [0.25, 0.3) is 10.9 Å². The fraction of sp³-hybridized carbons (Fsp3) is 0.524. The van der Waals surface area contributed by atoms with Gasteiger partial charge in [-0.15, -0.1) is 0 Å². The zero-order valence-corrected chi connectivity index (χ0v) is 20.0. The third kappa shape index (κ3) is 5.78. The van der Waals surface area contributed by atoms with Crippen molar-refractivity contribution in [1.29, 1.82) is 0 Å². The first kappa shape index (κ1) is 23.6. The number of carbonyl (C=O) groups excluding carboxylic acids is 1. The van der Waals surface area contributed by atoms with E-state index in [9.17, 15) is 13.2 Å². The first-order valence-electron chi connectivity index (χ1n) is 10.1. The number of alkyl carbamates (subject to hydrolysis) is 1. The van der Waals surface area contributed by atoms with Gasteiger partial charge in [0.1, 0.15) is 11.4 Å². The summed E-state index contributed by atoms with van der Waals surface area (Å²) < 4.78 is 30.6. The van der Waals surface area contributed by atoms with Gasteiger partial charge in [-0.05, 0) is 39.8 Å². The number of carbonyl (C=O) groups is 1. The number of hydrogen-bond acceptors (Lipinski definition) is 6. The summed E-state index contributed by atoms with van der Waals surface area (Å²) >= 11 is 6.38. The summed E-state index contributed by atoms with van der Waals surface area (Å²) in [5, 5.41) is 4.27. The van der Waals surface area contributed by atoms with Crippen molar-refractivity contribution in [2.24, 2.45) is 0 Å². The van der Waals surface area contributed by atoms with Gasteiger partial charge in [0.15, 0.2) is 0 Å². The second-order valence-corrected chi connectivity index (χ2v) is 11.1. The van der Waals surface area contributed by atoms with Crippen molar-refractivity contribution in [2.75, 3.05) is 37.3 Å². The first-order valence-corrected chi connectivity index (χ1v) is 12.4. The van der Waals surface area contributed by atoms with Crippen LogP contribution < -0.4 is 10.2 Å². The molecular weight excluding hydrogens is 440 g/mol. The molecule has 1 aliphatic heterocycles. The fourth-order valence-electron chi connectivity index (χ4n) is 3.53. The summed E-state index contributed by atoms with van der Waals surface area (Å²) in [5.41, 5.74) is 0.871. The van der Waals surface area contributed by atoms with Crippen LogP contribution >= 0.6 is 11.6 Å². The SMILES string of the molecule is CC(NC(=O)OC(C)(C)C)c1cc2cccc(Cl)c2nc1N1CCN(S(C)(=O)=O)CC1. The second-order valence-electron chi connectivity index (χ2n) is 8.73. The number of nitrogens with zero attached hydrogens (tertiary/aromatic N) is 3. The molecule has 1 amide bonds. The zero-order valence-electron chi connectivity index (χ0n) is 18.5. The molecule has 0 aliphatic carbocycles. The summed E-state index contributed by atoms with van der Waals surface area (Å²) in [6, 6.07) is 7.14. The number of ether oxygens (including phenoxy) is 1.